The van der Waals surface area contributed by atoms with Gasteiger partial charge in [0.1, 0.15) is 0 Å². The van der Waals surface area contributed by atoms with Crippen LogP contribution in [0.3, 0.4) is 0 Å². The van der Waals surface area contributed by atoms with Gasteiger partial charge in [-0.1, -0.05) is 6.07 Å². The highest BCUT2D eigenvalue weighted by molar-refractivity contribution is 5.44. The zero-order valence-corrected chi connectivity index (χ0v) is 15.6. The summed E-state index contributed by atoms with van der Waals surface area (Å²) in [5.74, 6) is 1.68. The van der Waals surface area contributed by atoms with Gasteiger partial charge in [0.25, 0.3) is 0 Å². The minimum absolute atomic E-state index is 0.313. The maximum absolute atomic E-state index is 5.88. The summed E-state index contributed by atoms with van der Waals surface area (Å²) >= 11 is 0. The number of ether oxygens (including phenoxy) is 3. The molecule has 6 heteroatoms. The predicted molar refractivity (Wildman–Crippen MR) is 98.3 cm³/mol. The van der Waals surface area contributed by atoms with E-state index in [-0.39, 0.29) is 0 Å². The summed E-state index contributed by atoms with van der Waals surface area (Å²) in [6.45, 7) is 8.97. The average molecular weight is 357 g/mol. The zero-order valence-electron chi connectivity index (χ0n) is 15.6. The largest absolute Gasteiger partial charge is 0.454 e. The molecule has 2 aromatic rings. The number of benzene rings is 1. The van der Waals surface area contributed by atoms with Crippen LogP contribution in [0.1, 0.15) is 36.6 Å². The molecular formula is C20H27N3O3. The molecule has 0 radical (unpaired) electrons. The number of hydrogen-bond acceptors (Lipinski definition) is 5. The number of rotatable bonds is 7. The molecule has 1 fully saturated rings. The van der Waals surface area contributed by atoms with E-state index in [4.69, 9.17) is 14.2 Å². The van der Waals surface area contributed by atoms with Crippen molar-refractivity contribution in [2.45, 2.75) is 52.4 Å². The van der Waals surface area contributed by atoms with Crippen molar-refractivity contribution in [3.05, 3.63) is 41.2 Å². The molecule has 26 heavy (non-hydrogen) atoms. The summed E-state index contributed by atoms with van der Waals surface area (Å²) < 4.78 is 18.8. The molecule has 1 atom stereocenters. The van der Waals surface area contributed by atoms with Crippen molar-refractivity contribution in [1.29, 1.82) is 0 Å². The van der Waals surface area contributed by atoms with Crippen LogP contribution in [0.25, 0.3) is 0 Å². The van der Waals surface area contributed by atoms with Gasteiger partial charge >= 0.3 is 0 Å². The lowest BCUT2D eigenvalue weighted by Gasteiger charge is -2.25. The summed E-state index contributed by atoms with van der Waals surface area (Å²) in [5.41, 5.74) is 3.62. The van der Waals surface area contributed by atoms with Gasteiger partial charge in [-0.2, -0.15) is 5.10 Å². The van der Waals surface area contributed by atoms with Crippen LogP contribution in [0.2, 0.25) is 0 Å². The van der Waals surface area contributed by atoms with Crippen molar-refractivity contribution in [1.82, 2.24) is 14.7 Å². The normalized spacial score (nSPS) is 18.8. The topological polar surface area (TPSA) is 48.8 Å². The van der Waals surface area contributed by atoms with Crippen molar-refractivity contribution in [3.8, 4) is 11.5 Å². The van der Waals surface area contributed by atoms with Crippen LogP contribution < -0.4 is 9.47 Å². The highest BCUT2D eigenvalue weighted by Crippen LogP contribution is 2.33. The Labute approximate surface area is 154 Å². The van der Waals surface area contributed by atoms with Gasteiger partial charge in [-0.3, -0.25) is 9.58 Å². The monoisotopic (exact) mass is 357 g/mol. The van der Waals surface area contributed by atoms with Crippen molar-refractivity contribution in [3.63, 3.8) is 0 Å². The Morgan fingerprint density at radius 2 is 2.12 bits per heavy atom. The number of fused-ring (bicyclic) bond motifs is 1. The van der Waals surface area contributed by atoms with E-state index in [1.807, 2.05) is 10.7 Å². The van der Waals surface area contributed by atoms with Crippen LogP contribution in [0.4, 0.5) is 0 Å². The van der Waals surface area contributed by atoms with Crippen molar-refractivity contribution >= 4 is 0 Å². The molecule has 0 amide bonds. The molecule has 3 heterocycles. The molecule has 1 aromatic carbocycles. The van der Waals surface area contributed by atoms with E-state index < -0.39 is 0 Å². The van der Waals surface area contributed by atoms with Crippen LogP contribution >= 0.6 is 0 Å². The Kier molecular flexibility index (Phi) is 5.13. The Balaban J connectivity index is 1.50. The minimum atomic E-state index is 0.313. The second-order valence-electron chi connectivity index (χ2n) is 7.09. The van der Waals surface area contributed by atoms with E-state index in [1.54, 1.807) is 0 Å². The van der Waals surface area contributed by atoms with Gasteiger partial charge in [-0.05, 0) is 44.4 Å². The van der Waals surface area contributed by atoms with Gasteiger partial charge in [0.2, 0.25) is 6.79 Å². The van der Waals surface area contributed by atoms with E-state index in [9.17, 15) is 0 Å². The third-order valence-electron chi connectivity index (χ3n) is 5.09. The Hall–Kier alpha value is -2.05. The Morgan fingerprint density at radius 1 is 1.23 bits per heavy atom. The van der Waals surface area contributed by atoms with Crippen LogP contribution in [-0.4, -0.2) is 40.7 Å². The molecule has 2 aliphatic rings. The predicted octanol–water partition coefficient (Wildman–Crippen LogP) is 3.12. The van der Waals surface area contributed by atoms with Gasteiger partial charge in [0, 0.05) is 44.5 Å². The standard InChI is InChI=1S/C20H27N3O3/c1-3-23-12-17(15(2)21-23)11-22(13-18-5-4-8-24-18)10-16-6-7-19-20(9-16)26-14-25-19/h6-7,9,12,18H,3-5,8,10-11,13-14H2,1-2H3/t18-/m1/s1. The molecule has 2 aliphatic heterocycles. The molecule has 0 spiro atoms. The number of hydrogen-bond donors (Lipinski definition) is 0. The van der Waals surface area contributed by atoms with Gasteiger partial charge in [0.15, 0.2) is 11.5 Å². The molecule has 1 saturated heterocycles. The van der Waals surface area contributed by atoms with E-state index in [2.05, 4.69) is 42.2 Å². The molecule has 0 N–H and O–H groups in total. The molecule has 4 rings (SSSR count). The number of aromatic nitrogens is 2. The number of nitrogens with zero attached hydrogens (tertiary/aromatic N) is 3. The summed E-state index contributed by atoms with van der Waals surface area (Å²) in [4.78, 5) is 2.46. The molecule has 6 nitrogen and oxygen atoms in total. The van der Waals surface area contributed by atoms with Crippen molar-refractivity contribution in [2.24, 2.45) is 0 Å². The lowest BCUT2D eigenvalue weighted by Crippen LogP contribution is -2.31. The molecule has 0 bridgehead atoms. The van der Waals surface area contributed by atoms with Crippen LogP contribution in [0, 0.1) is 6.92 Å². The second-order valence-corrected chi connectivity index (χ2v) is 7.09. The first-order chi connectivity index (χ1) is 12.7. The van der Waals surface area contributed by atoms with Crippen LogP contribution in [0.5, 0.6) is 11.5 Å². The fraction of sp³-hybridized carbons (Fsp3) is 0.550. The molecule has 0 unspecified atom stereocenters. The summed E-state index contributed by atoms with van der Waals surface area (Å²) in [5, 5.41) is 4.59. The second kappa shape index (κ2) is 7.68. The fourth-order valence-corrected chi connectivity index (χ4v) is 3.68. The maximum atomic E-state index is 5.88. The average Bonchev–Trinajstić information content (AvgIpc) is 3.36. The first-order valence-electron chi connectivity index (χ1n) is 9.46. The highest BCUT2D eigenvalue weighted by atomic mass is 16.7. The van der Waals surface area contributed by atoms with E-state index in [0.29, 0.717) is 12.9 Å². The SMILES string of the molecule is CCn1cc(CN(Cc2ccc3c(c2)OCO3)C[C@H]2CCCO2)c(C)n1. The quantitative estimate of drug-likeness (QED) is 0.762. The lowest BCUT2D eigenvalue weighted by atomic mass is 10.1. The zero-order chi connectivity index (χ0) is 17.9. The molecule has 0 aliphatic carbocycles. The molecular weight excluding hydrogens is 330 g/mol. The Morgan fingerprint density at radius 3 is 2.88 bits per heavy atom. The molecule has 0 saturated carbocycles. The maximum Gasteiger partial charge on any atom is 0.231 e. The van der Waals surface area contributed by atoms with Gasteiger partial charge < -0.3 is 14.2 Å². The van der Waals surface area contributed by atoms with Crippen LogP contribution in [-0.2, 0) is 24.4 Å². The number of aryl methyl sites for hydroxylation is 2. The lowest BCUT2D eigenvalue weighted by molar-refractivity contribution is 0.0678. The van der Waals surface area contributed by atoms with E-state index in [0.717, 1.165) is 62.8 Å². The van der Waals surface area contributed by atoms with E-state index >= 15 is 0 Å². The first-order valence-corrected chi connectivity index (χ1v) is 9.46. The smallest absolute Gasteiger partial charge is 0.231 e. The minimum Gasteiger partial charge on any atom is -0.454 e. The van der Waals surface area contributed by atoms with Gasteiger partial charge in [-0.25, -0.2) is 0 Å². The molecule has 140 valence electrons. The van der Waals surface area contributed by atoms with Gasteiger partial charge in [-0.15, -0.1) is 0 Å². The summed E-state index contributed by atoms with van der Waals surface area (Å²) in [6.07, 6.45) is 4.79. The van der Waals surface area contributed by atoms with E-state index in [1.165, 1.54) is 11.1 Å². The fourth-order valence-electron chi connectivity index (χ4n) is 3.68. The summed E-state index contributed by atoms with van der Waals surface area (Å²) in [7, 11) is 0. The third kappa shape index (κ3) is 3.86. The van der Waals surface area contributed by atoms with Crippen molar-refractivity contribution < 1.29 is 14.2 Å². The van der Waals surface area contributed by atoms with Crippen molar-refractivity contribution in [2.75, 3.05) is 19.9 Å². The Bertz CT molecular complexity index is 753. The molecule has 1 aromatic heterocycles. The van der Waals surface area contributed by atoms with Gasteiger partial charge in [0.05, 0.1) is 11.8 Å². The van der Waals surface area contributed by atoms with Crippen LogP contribution in [0.15, 0.2) is 24.4 Å². The first kappa shape index (κ1) is 17.4. The third-order valence-corrected chi connectivity index (χ3v) is 5.09. The summed E-state index contributed by atoms with van der Waals surface area (Å²) in [6, 6.07) is 6.22. The highest BCUT2D eigenvalue weighted by Gasteiger charge is 2.21.